The number of rotatable bonds is 5. The largest absolute Gasteiger partial charge is 0.441 e. The lowest BCUT2D eigenvalue weighted by Crippen LogP contribution is -2.36. The van der Waals surface area contributed by atoms with Crippen molar-refractivity contribution in [3.63, 3.8) is 0 Å². The van der Waals surface area contributed by atoms with Crippen molar-refractivity contribution < 1.29 is 9.53 Å². The van der Waals surface area contributed by atoms with Crippen molar-refractivity contribution in [2.24, 2.45) is 15.9 Å². The molecule has 1 amide bonds. The summed E-state index contributed by atoms with van der Waals surface area (Å²) >= 11 is 0. The van der Waals surface area contributed by atoms with Gasteiger partial charge in [0.2, 0.25) is 0 Å². The number of hydrogen-bond acceptors (Lipinski definition) is 6. The summed E-state index contributed by atoms with van der Waals surface area (Å²) in [5, 5.41) is 15.2. The Morgan fingerprint density at radius 1 is 1.00 bits per heavy atom. The molecule has 3 aromatic rings. The van der Waals surface area contributed by atoms with Gasteiger partial charge >= 0.3 is 6.09 Å². The van der Waals surface area contributed by atoms with Gasteiger partial charge in [-0.2, -0.15) is 10.4 Å². The summed E-state index contributed by atoms with van der Waals surface area (Å²) in [6.07, 6.45) is -1.09. The van der Waals surface area contributed by atoms with E-state index in [2.05, 4.69) is 21.5 Å². The zero-order valence-electron chi connectivity index (χ0n) is 17.8. The van der Waals surface area contributed by atoms with E-state index in [-0.39, 0.29) is 5.84 Å². The number of aliphatic imine (C=N–C) groups is 1. The molecule has 0 bridgehead atoms. The van der Waals surface area contributed by atoms with Gasteiger partial charge in [0.15, 0.2) is 5.84 Å². The Bertz CT molecular complexity index is 1160. The highest BCUT2D eigenvalue weighted by atomic mass is 16.6. The minimum Gasteiger partial charge on any atom is -0.441 e. The number of ether oxygens (including phenoxy) is 1. The van der Waals surface area contributed by atoms with Crippen molar-refractivity contribution in [2.45, 2.75) is 20.0 Å². The number of carbonyl (C=O) groups excluding carboxylic acids is 1. The number of carbonyl (C=O) groups is 1. The van der Waals surface area contributed by atoms with Gasteiger partial charge in [-0.05, 0) is 54.8 Å². The highest BCUT2D eigenvalue weighted by Gasteiger charge is 2.15. The number of hydrogen-bond donors (Lipinski definition) is 2. The minimum atomic E-state index is -0.655. The van der Waals surface area contributed by atoms with Gasteiger partial charge in [-0.1, -0.05) is 54.6 Å². The van der Waals surface area contributed by atoms with Crippen LogP contribution >= 0.6 is 0 Å². The van der Waals surface area contributed by atoms with Crippen molar-refractivity contribution >= 4 is 23.3 Å². The number of nitrogens with two attached hydrogens (primary N) is 1. The predicted octanol–water partition coefficient (Wildman–Crippen LogP) is 5.08. The Balaban J connectivity index is 1.74. The zero-order valence-corrected chi connectivity index (χ0v) is 17.8. The molecule has 0 saturated carbocycles. The van der Waals surface area contributed by atoms with Crippen LogP contribution in [0.4, 0.5) is 10.5 Å². The Kier molecular flexibility index (Phi) is 7.33. The van der Waals surface area contributed by atoms with Gasteiger partial charge in [0.25, 0.3) is 0 Å². The lowest BCUT2D eigenvalue weighted by molar-refractivity contribution is 0.112. The third kappa shape index (κ3) is 5.80. The molecule has 0 spiro atoms. The fourth-order valence-corrected chi connectivity index (χ4v) is 2.93. The Morgan fingerprint density at radius 3 is 2.16 bits per heavy atom. The summed E-state index contributed by atoms with van der Waals surface area (Å²) in [6, 6.07) is 26.3. The Morgan fingerprint density at radius 2 is 1.59 bits per heavy atom. The highest BCUT2D eigenvalue weighted by molar-refractivity contribution is 6.43. The standard InChI is InChI=1S/C25H23N5O2/c1-17(30-27)24(29-25(31)32-18(2)20-6-4-3-5-7-20)28-23-14-12-22(13-15-23)21-10-8-19(16-26)9-11-21/h3-15,18H,27H2,1-2H3,(H,28,29,31)/b30-17-/t18-/m1/s1. The molecule has 0 radical (unpaired) electrons. The van der Waals surface area contributed by atoms with Gasteiger partial charge in [-0.3, -0.25) is 5.32 Å². The SMILES string of the molecule is C/C(=N/N)C(=Nc1ccc(-c2ccc(C#N)cc2)cc1)NC(=O)O[C@H](C)c1ccccc1. The maximum atomic E-state index is 12.4. The molecule has 0 heterocycles. The van der Waals surface area contributed by atoms with Crippen LogP contribution in [0.2, 0.25) is 0 Å². The van der Waals surface area contributed by atoms with Gasteiger partial charge in [0, 0.05) is 0 Å². The van der Waals surface area contributed by atoms with Crippen molar-refractivity contribution in [3.8, 4) is 17.2 Å². The summed E-state index contributed by atoms with van der Waals surface area (Å²) in [6.45, 7) is 3.43. The maximum Gasteiger partial charge on any atom is 0.413 e. The first-order chi connectivity index (χ1) is 15.5. The molecule has 0 aliphatic rings. The van der Waals surface area contributed by atoms with Crippen LogP contribution in [0.15, 0.2) is 89.0 Å². The van der Waals surface area contributed by atoms with E-state index in [0.29, 0.717) is 17.0 Å². The first-order valence-corrected chi connectivity index (χ1v) is 9.97. The molecule has 3 N–H and O–H groups in total. The number of alkyl carbamates (subject to hydrolysis) is 1. The molecule has 0 fully saturated rings. The van der Waals surface area contributed by atoms with Crippen LogP contribution in [0.5, 0.6) is 0 Å². The maximum absolute atomic E-state index is 12.4. The van der Waals surface area contributed by atoms with E-state index in [1.807, 2.05) is 66.7 Å². The van der Waals surface area contributed by atoms with Crippen LogP contribution < -0.4 is 11.2 Å². The van der Waals surface area contributed by atoms with E-state index in [4.69, 9.17) is 15.8 Å². The second kappa shape index (κ2) is 10.5. The van der Waals surface area contributed by atoms with Gasteiger partial charge in [0.1, 0.15) is 6.10 Å². The summed E-state index contributed by atoms with van der Waals surface area (Å²) in [7, 11) is 0. The monoisotopic (exact) mass is 425 g/mol. The van der Waals surface area contributed by atoms with E-state index < -0.39 is 12.2 Å². The highest BCUT2D eigenvalue weighted by Crippen LogP contribution is 2.23. The molecule has 32 heavy (non-hydrogen) atoms. The molecule has 0 aliphatic heterocycles. The number of nitriles is 1. The van der Waals surface area contributed by atoms with E-state index in [0.717, 1.165) is 16.7 Å². The molecular weight excluding hydrogens is 402 g/mol. The zero-order chi connectivity index (χ0) is 22.9. The number of nitrogens with zero attached hydrogens (tertiary/aromatic N) is 3. The van der Waals surface area contributed by atoms with Gasteiger partial charge in [0.05, 0.1) is 23.0 Å². The smallest absolute Gasteiger partial charge is 0.413 e. The normalized spacial score (nSPS) is 12.5. The van der Waals surface area contributed by atoms with Crippen LogP contribution in [-0.4, -0.2) is 17.6 Å². The molecule has 7 nitrogen and oxygen atoms in total. The predicted molar refractivity (Wildman–Crippen MR) is 125 cm³/mol. The molecule has 0 unspecified atom stereocenters. The third-order valence-corrected chi connectivity index (χ3v) is 4.77. The van der Waals surface area contributed by atoms with Crippen molar-refractivity contribution in [1.82, 2.24) is 5.32 Å². The molecule has 0 saturated heterocycles. The van der Waals surface area contributed by atoms with Crippen LogP contribution in [-0.2, 0) is 4.74 Å². The van der Waals surface area contributed by atoms with Crippen LogP contribution in [0.1, 0.15) is 31.1 Å². The number of hydrazone groups is 1. The van der Waals surface area contributed by atoms with E-state index in [1.54, 1.807) is 26.0 Å². The fourth-order valence-electron chi connectivity index (χ4n) is 2.93. The minimum absolute atomic E-state index is 0.198. The topological polar surface area (TPSA) is 113 Å². The quantitative estimate of drug-likeness (QED) is 0.257. The van der Waals surface area contributed by atoms with E-state index >= 15 is 0 Å². The number of amidine groups is 1. The Labute approximate surface area is 186 Å². The van der Waals surface area contributed by atoms with Crippen molar-refractivity contribution in [3.05, 3.63) is 90.0 Å². The summed E-state index contributed by atoms with van der Waals surface area (Å²) in [5.74, 6) is 5.61. The second-order valence-electron chi connectivity index (χ2n) is 6.99. The Hall–Kier alpha value is -4.44. The molecule has 0 aromatic heterocycles. The van der Waals surface area contributed by atoms with Gasteiger partial charge < -0.3 is 10.6 Å². The van der Waals surface area contributed by atoms with E-state index in [9.17, 15) is 4.79 Å². The fraction of sp³-hybridized carbons (Fsp3) is 0.120. The van der Waals surface area contributed by atoms with E-state index in [1.165, 1.54) is 0 Å². The first-order valence-electron chi connectivity index (χ1n) is 9.97. The molecule has 3 aromatic carbocycles. The summed E-state index contributed by atoms with van der Waals surface area (Å²) < 4.78 is 5.45. The van der Waals surface area contributed by atoms with Gasteiger partial charge in [-0.25, -0.2) is 9.79 Å². The summed E-state index contributed by atoms with van der Waals surface area (Å²) in [4.78, 5) is 16.9. The van der Waals surface area contributed by atoms with Crippen LogP contribution in [0, 0.1) is 11.3 Å². The van der Waals surface area contributed by atoms with Crippen molar-refractivity contribution in [1.29, 1.82) is 5.26 Å². The molecule has 7 heteroatoms. The second-order valence-corrected chi connectivity index (χ2v) is 6.99. The molecule has 1 atom stereocenters. The lowest BCUT2D eigenvalue weighted by atomic mass is 10.0. The first kappa shape index (κ1) is 22.2. The third-order valence-electron chi connectivity index (χ3n) is 4.77. The number of nitrogens with one attached hydrogen (secondary N) is 1. The molecule has 3 rings (SSSR count). The summed E-state index contributed by atoms with van der Waals surface area (Å²) in [5.41, 5.74) is 4.40. The molecule has 0 aliphatic carbocycles. The van der Waals surface area contributed by atoms with Gasteiger partial charge in [-0.15, -0.1) is 0 Å². The van der Waals surface area contributed by atoms with Crippen LogP contribution in [0.3, 0.4) is 0 Å². The number of benzene rings is 3. The average Bonchev–Trinajstić information content (AvgIpc) is 2.84. The lowest BCUT2D eigenvalue weighted by Gasteiger charge is -2.15. The number of amides is 1. The molecular formula is C25H23N5O2. The average molecular weight is 425 g/mol. The van der Waals surface area contributed by atoms with Crippen molar-refractivity contribution in [2.75, 3.05) is 0 Å². The van der Waals surface area contributed by atoms with Crippen LogP contribution in [0.25, 0.3) is 11.1 Å². The molecule has 160 valence electrons.